The molecular formula is C22H22N4O2. The van der Waals surface area contributed by atoms with Crippen LogP contribution in [0.2, 0.25) is 0 Å². The van der Waals surface area contributed by atoms with Crippen molar-refractivity contribution in [3.63, 3.8) is 0 Å². The Morgan fingerprint density at radius 1 is 1.14 bits per heavy atom. The van der Waals surface area contributed by atoms with Gasteiger partial charge in [0.05, 0.1) is 12.4 Å². The van der Waals surface area contributed by atoms with Gasteiger partial charge in [-0.15, -0.1) is 0 Å². The summed E-state index contributed by atoms with van der Waals surface area (Å²) in [5, 5.41) is 3.03. The molecule has 2 amide bonds. The lowest BCUT2D eigenvalue weighted by Crippen LogP contribution is -2.27. The van der Waals surface area contributed by atoms with Crippen LogP contribution in [0.5, 0.6) is 0 Å². The van der Waals surface area contributed by atoms with Crippen molar-refractivity contribution >= 4 is 17.5 Å². The largest absolute Gasteiger partial charge is 0.346 e. The number of nitrogens with one attached hydrogen (secondary N) is 1. The molecule has 0 spiro atoms. The van der Waals surface area contributed by atoms with Crippen LogP contribution in [-0.2, 0) is 4.79 Å². The highest BCUT2D eigenvalue weighted by atomic mass is 16.2. The van der Waals surface area contributed by atoms with Crippen LogP contribution in [0.25, 0.3) is 5.69 Å². The highest BCUT2D eigenvalue weighted by Crippen LogP contribution is 2.23. The lowest BCUT2D eigenvalue weighted by Gasteiger charge is -2.18. The van der Waals surface area contributed by atoms with Crippen LogP contribution >= 0.6 is 0 Å². The molecule has 1 N–H and O–H groups in total. The molecule has 0 saturated carbocycles. The number of anilines is 1. The molecule has 2 aromatic carbocycles. The molecule has 6 nitrogen and oxygen atoms in total. The van der Waals surface area contributed by atoms with Crippen molar-refractivity contribution in [1.82, 2.24) is 14.9 Å². The summed E-state index contributed by atoms with van der Waals surface area (Å²) < 4.78 is 1.93. The number of imidazole rings is 1. The van der Waals surface area contributed by atoms with E-state index < -0.39 is 0 Å². The van der Waals surface area contributed by atoms with Crippen molar-refractivity contribution in [3.05, 3.63) is 78.4 Å². The Morgan fingerprint density at radius 3 is 2.64 bits per heavy atom. The van der Waals surface area contributed by atoms with Crippen LogP contribution < -0.4 is 10.2 Å². The van der Waals surface area contributed by atoms with Gasteiger partial charge in [-0.05, 0) is 49.2 Å². The van der Waals surface area contributed by atoms with Gasteiger partial charge in [0.15, 0.2) is 0 Å². The number of rotatable bonds is 5. The molecule has 6 heteroatoms. The fourth-order valence-corrected chi connectivity index (χ4v) is 3.45. The zero-order valence-corrected chi connectivity index (χ0v) is 15.7. The topological polar surface area (TPSA) is 67.2 Å². The summed E-state index contributed by atoms with van der Waals surface area (Å²) in [5.41, 5.74) is 3.37. The fraction of sp³-hybridized carbons (Fsp3) is 0.227. The minimum absolute atomic E-state index is 0.115. The molecule has 1 aliphatic heterocycles. The Bertz CT molecular complexity index is 980. The highest BCUT2D eigenvalue weighted by molar-refractivity contribution is 5.99. The summed E-state index contributed by atoms with van der Waals surface area (Å²) in [6, 6.07) is 15.1. The quantitative estimate of drug-likeness (QED) is 0.743. The zero-order chi connectivity index (χ0) is 19.5. The minimum Gasteiger partial charge on any atom is -0.346 e. The van der Waals surface area contributed by atoms with Gasteiger partial charge in [-0.3, -0.25) is 9.59 Å². The number of carbonyl (C=O) groups is 2. The van der Waals surface area contributed by atoms with E-state index in [1.165, 1.54) is 0 Å². The van der Waals surface area contributed by atoms with E-state index in [4.69, 9.17) is 0 Å². The van der Waals surface area contributed by atoms with E-state index in [9.17, 15) is 9.59 Å². The van der Waals surface area contributed by atoms with Gasteiger partial charge in [-0.25, -0.2) is 4.98 Å². The molecule has 28 heavy (non-hydrogen) atoms. The number of hydrogen-bond acceptors (Lipinski definition) is 3. The van der Waals surface area contributed by atoms with Crippen LogP contribution in [0.15, 0.2) is 67.3 Å². The average Bonchev–Trinajstić information content (AvgIpc) is 3.40. The van der Waals surface area contributed by atoms with Crippen molar-refractivity contribution in [1.29, 1.82) is 0 Å². The van der Waals surface area contributed by atoms with Gasteiger partial charge in [-0.2, -0.15) is 0 Å². The molecule has 4 rings (SSSR count). The Morgan fingerprint density at radius 2 is 1.96 bits per heavy atom. The fourth-order valence-electron chi connectivity index (χ4n) is 3.45. The number of nitrogens with zero attached hydrogens (tertiary/aromatic N) is 3. The number of carbonyl (C=O) groups excluding carboxylic acids is 2. The van der Waals surface area contributed by atoms with E-state index in [1.54, 1.807) is 29.6 Å². The van der Waals surface area contributed by atoms with E-state index in [2.05, 4.69) is 10.3 Å². The van der Waals surface area contributed by atoms with E-state index in [1.807, 2.05) is 54.1 Å². The standard InChI is InChI=1S/C22H22N4O2/c1-16(17-7-9-19(10-8-17)25-13-11-23-15-25)24-22(28)18-4-2-5-20(14-18)26-12-3-6-21(26)27/h2,4-5,7-11,13-16H,3,6,12H2,1H3,(H,24,28). The van der Waals surface area contributed by atoms with Crippen LogP contribution in [0, 0.1) is 0 Å². The van der Waals surface area contributed by atoms with Crippen molar-refractivity contribution < 1.29 is 9.59 Å². The molecule has 3 aromatic rings. The Labute approximate surface area is 163 Å². The second-order valence-corrected chi connectivity index (χ2v) is 6.96. The van der Waals surface area contributed by atoms with Gasteiger partial charge in [0.25, 0.3) is 5.91 Å². The van der Waals surface area contributed by atoms with Crippen LogP contribution in [0.1, 0.15) is 41.7 Å². The van der Waals surface area contributed by atoms with Crippen LogP contribution in [-0.4, -0.2) is 27.9 Å². The third kappa shape index (κ3) is 3.67. The summed E-state index contributed by atoms with van der Waals surface area (Å²) >= 11 is 0. The van der Waals surface area contributed by atoms with Crippen LogP contribution in [0.4, 0.5) is 5.69 Å². The third-order valence-electron chi connectivity index (χ3n) is 5.04. The molecular weight excluding hydrogens is 352 g/mol. The summed E-state index contributed by atoms with van der Waals surface area (Å²) in [7, 11) is 0. The molecule has 1 aliphatic rings. The first-order chi connectivity index (χ1) is 13.6. The maximum atomic E-state index is 12.7. The second-order valence-electron chi connectivity index (χ2n) is 6.96. The first kappa shape index (κ1) is 18.0. The lowest BCUT2D eigenvalue weighted by molar-refractivity contribution is -0.117. The number of aromatic nitrogens is 2. The van der Waals surface area contributed by atoms with Crippen molar-refractivity contribution in [2.45, 2.75) is 25.8 Å². The maximum Gasteiger partial charge on any atom is 0.251 e. The van der Waals surface area contributed by atoms with Gasteiger partial charge >= 0.3 is 0 Å². The predicted octanol–water partition coefficient (Wildman–Crippen LogP) is 3.49. The monoisotopic (exact) mass is 374 g/mol. The molecule has 1 saturated heterocycles. The summed E-state index contributed by atoms with van der Waals surface area (Å²) in [6.07, 6.45) is 6.81. The molecule has 0 bridgehead atoms. The first-order valence-electron chi connectivity index (χ1n) is 9.41. The molecule has 1 unspecified atom stereocenters. The number of amides is 2. The summed E-state index contributed by atoms with van der Waals surface area (Å²) in [4.78, 5) is 30.5. The van der Waals surface area contributed by atoms with E-state index in [0.29, 0.717) is 18.5 Å². The van der Waals surface area contributed by atoms with Gasteiger partial charge < -0.3 is 14.8 Å². The Balaban J connectivity index is 1.45. The van der Waals surface area contributed by atoms with Gasteiger partial charge in [-0.1, -0.05) is 18.2 Å². The Kier molecular flexibility index (Phi) is 4.93. The molecule has 0 aliphatic carbocycles. The van der Waals surface area contributed by atoms with Gasteiger partial charge in [0.2, 0.25) is 5.91 Å². The SMILES string of the molecule is CC(NC(=O)c1cccc(N2CCCC2=O)c1)c1ccc(-n2ccnc2)cc1. The number of benzene rings is 2. The van der Waals surface area contributed by atoms with E-state index in [0.717, 1.165) is 23.4 Å². The smallest absolute Gasteiger partial charge is 0.251 e. The molecule has 1 atom stereocenters. The third-order valence-corrected chi connectivity index (χ3v) is 5.04. The predicted molar refractivity (Wildman–Crippen MR) is 107 cm³/mol. The molecule has 142 valence electrons. The van der Waals surface area contributed by atoms with Gasteiger partial charge in [0, 0.05) is 42.3 Å². The Hall–Kier alpha value is -3.41. The number of hydrogen-bond donors (Lipinski definition) is 1. The van der Waals surface area contributed by atoms with Crippen LogP contribution in [0.3, 0.4) is 0 Å². The van der Waals surface area contributed by atoms with Crippen molar-refractivity contribution in [3.8, 4) is 5.69 Å². The summed E-state index contributed by atoms with van der Waals surface area (Å²) in [6.45, 7) is 2.67. The van der Waals surface area contributed by atoms with Gasteiger partial charge in [0.1, 0.15) is 0 Å². The average molecular weight is 374 g/mol. The molecule has 2 heterocycles. The first-order valence-corrected chi connectivity index (χ1v) is 9.41. The normalized spacial score (nSPS) is 14.9. The van der Waals surface area contributed by atoms with Crippen molar-refractivity contribution in [2.75, 3.05) is 11.4 Å². The summed E-state index contributed by atoms with van der Waals surface area (Å²) in [5.74, 6) is -0.0383. The maximum absolute atomic E-state index is 12.7. The lowest BCUT2D eigenvalue weighted by atomic mass is 10.1. The molecule has 1 fully saturated rings. The molecule has 0 radical (unpaired) electrons. The second kappa shape index (κ2) is 7.68. The van der Waals surface area contributed by atoms with E-state index in [-0.39, 0.29) is 17.9 Å². The molecule has 1 aromatic heterocycles. The minimum atomic E-state index is -0.153. The van der Waals surface area contributed by atoms with Crippen molar-refractivity contribution in [2.24, 2.45) is 0 Å². The zero-order valence-electron chi connectivity index (χ0n) is 15.7. The van der Waals surface area contributed by atoms with E-state index >= 15 is 0 Å². The highest BCUT2D eigenvalue weighted by Gasteiger charge is 2.22.